The van der Waals surface area contributed by atoms with Gasteiger partial charge in [0.15, 0.2) is 0 Å². The van der Waals surface area contributed by atoms with Crippen LogP contribution in [0.5, 0.6) is 0 Å². The fraction of sp³-hybridized carbons (Fsp3) is 0. The third-order valence-electron chi connectivity index (χ3n) is 12.2. The number of aromatic nitrogens is 1. The van der Waals surface area contributed by atoms with Gasteiger partial charge >= 0.3 is 0 Å². The number of fused-ring (bicyclic) bond motifs is 7. The molecule has 0 bridgehead atoms. The van der Waals surface area contributed by atoms with Gasteiger partial charge < -0.3 is 9.47 Å². The highest BCUT2D eigenvalue weighted by molar-refractivity contribution is 7.25. The summed E-state index contributed by atoms with van der Waals surface area (Å²) in [6, 6.07) is 84.2. The number of nitrogens with zero attached hydrogens (tertiary/aromatic N) is 2. The molecule has 12 rings (SSSR count). The van der Waals surface area contributed by atoms with E-state index in [0.717, 1.165) is 17.1 Å². The van der Waals surface area contributed by atoms with E-state index in [-0.39, 0.29) is 0 Å². The van der Waals surface area contributed by atoms with Gasteiger partial charge in [0, 0.05) is 53.7 Å². The zero-order valence-electron chi connectivity index (χ0n) is 33.2. The summed E-state index contributed by atoms with van der Waals surface area (Å²) in [6.45, 7) is 0. The number of anilines is 3. The molecular weight excluding hydrogens is 757 g/mol. The van der Waals surface area contributed by atoms with Gasteiger partial charge in [-0.1, -0.05) is 140 Å². The van der Waals surface area contributed by atoms with Crippen LogP contribution in [0.1, 0.15) is 0 Å². The van der Waals surface area contributed by atoms with Crippen LogP contribution in [0.25, 0.3) is 91.8 Å². The molecule has 2 heterocycles. The van der Waals surface area contributed by atoms with E-state index in [4.69, 9.17) is 0 Å². The second kappa shape index (κ2) is 14.5. The Morgan fingerprint density at radius 3 is 1.46 bits per heavy atom. The largest absolute Gasteiger partial charge is 0.311 e. The quantitative estimate of drug-likeness (QED) is 0.156. The number of benzene rings is 10. The summed E-state index contributed by atoms with van der Waals surface area (Å²) < 4.78 is 5.02. The zero-order chi connectivity index (χ0) is 40.3. The minimum Gasteiger partial charge on any atom is -0.311 e. The summed E-state index contributed by atoms with van der Waals surface area (Å²) >= 11 is 1.86. The second-order valence-corrected chi connectivity index (χ2v) is 16.9. The van der Waals surface area contributed by atoms with E-state index in [9.17, 15) is 0 Å². The van der Waals surface area contributed by atoms with Crippen molar-refractivity contribution in [2.45, 2.75) is 0 Å². The van der Waals surface area contributed by atoms with Crippen molar-refractivity contribution in [3.05, 3.63) is 231 Å². The van der Waals surface area contributed by atoms with Crippen molar-refractivity contribution in [2.24, 2.45) is 0 Å². The van der Waals surface area contributed by atoms with Crippen LogP contribution in [0.2, 0.25) is 0 Å². The third-order valence-corrected chi connectivity index (χ3v) is 13.3. The molecule has 0 saturated carbocycles. The Morgan fingerprint density at radius 1 is 0.295 bits per heavy atom. The van der Waals surface area contributed by atoms with Gasteiger partial charge in [-0.25, -0.2) is 0 Å². The van der Waals surface area contributed by atoms with Crippen LogP contribution in [0.15, 0.2) is 231 Å². The van der Waals surface area contributed by atoms with Crippen LogP contribution in [-0.4, -0.2) is 4.57 Å². The number of rotatable bonds is 7. The summed E-state index contributed by atoms with van der Waals surface area (Å²) in [5, 5.41) is 7.64. The topological polar surface area (TPSA) is 8.17 Å². The molecule has 3 heteroatoms. The Kier molecular flexibility index (Phi) is 8.39. The molecule has 0 saturated heterocycles. The molecule has 61 heavy (non-hydrogen) atoms. The normalized spacial score (nSPS) is 11.6. The summed E-state index contributed by atoms with van der Waals surface area (Å²) in [5.74, 6) is 0. The molecule has 2 nitrogen and oxygen atoms in total. The van der Waals surface area contributed by atoms with Gasteiger partial charge in [-0.15, -0.1) is 11.3 Å². The van der Waals surface area contributed by atoms with Crippen molar-refractivity contribution < 1.29 is 0 Å². The Labute approximate surface area is 358 Å². The molecule has 0 fully saturated rings. The van der Waals surface area contributed by atoms with Crippen molar-refractivity contribution in [1.29, 1.82) is 0 Å². The lowest BCUT2D eigenvalue weighted by molar-refractivity contribution is 1.18. The lowest BCUT2D eigenvalue weighted by atomic mass is 10.00. The molecule has 0 atom stereocenters. The first-order chi connectivity index (χ1) is 30.2. The predicted molar refractivity (Wildman–Crippen MR) is 262 cm³/mol. The molecule has 0 amide bonds. The molecular formula is C58H38N2S. The molecule has 12 aromatic rings. The highest BCUT2D eigenvalue weighted by atomic mass is 32.1. The Balaban J connectivity index is 0.923. The molecule has 0 aliphatic rings. The van der Waals surface area contributed by atoms with Crippen LogP contribution in [0.3, 0.4) is 0 Å². The molecule has 10 aromatic carbocycles. The molecule has 0 aliphatic carbocycles. The van der Waals surface area contributed by atoms with E-state index in [1.165, 1.54) is 91.8 Å². The Hall–Kier alpha value is -7.72. The van der Waals surface area contributed by atoms with Crippen molar-refractivity contribution in [2.75, 3.05) is 4.90 Å². The number of hydrogen-bond donors (Lipinski definition) is 0. The Bertz CT molecular complexity index is 3560. The SMILES string of the molecule is c1ccc(-n2c3ccccc3c3cc(-c4ccc(N(c5ccc(-c6ccc7ccccc7c6)cc5)c5ccc(-c6ccc7sc8ccccc8c7c6)cc5)cc4)ccc32)cc1. The first-order valence-electron chi connectivity index (χ1n) is 20.8. The van der Waals surface area contributed by atoms with Gasteiger partial charge in [0.05, 0.1) is 11.0 Å². The molecule has 0 unspecified atom stereocenters. The molecule has 2 aromatic heterocycles. The maximum absolute atomic E-state index is 2.37. The molecule has 286 valence electrons. The molecule has 0 N–H and O–H groups in total. The van der Waals surface area contributed by atoms with Gasteiger partial charge in [-0.3, -0.25) is 0 Å². The van der Waals surface area contributed by atoms with Gasteiger partial charge in [0.25, 0.3) is 0 Å². The van der Waals surface area contributed by atoms with Gasteiger partial charge in [-0.2, -0.15) is 0 Å². The van der Waals surface area contributed by atoms with Crippen LogP contribution in [0, 0.1) is 0 Å². The average molecular weight is 795 g/mol. The minimum absolute atomic E-state index is 1.10. The van der Waals surface area contributed by atoms with E-state index in [0.29, 0.717) is 0 Å². The monoisotopic (exact) mass is 794 g/mol. The predicted octanol–water partition coefficient (Wildman–Crippen LogP) is 16.8. The van der Waals surface area contributed by atoms with E-state index in [2.05, 4.69) is 240 Å². The van der Waals surface area contributed by atoms with E-state index < -0.39 is 0 Å². The maximum atomic E-state index is 2.37. The van der Waals surface area contributed by atoms with Crippen LogP contribution in [-0.2, 0) is 0 Å². The van der Waals surface area contributed by atoms with Gasteiger partial charge in [-0.05, 0) is 135 Å². The maximum Gasteiger partial charge on any atom is 0.0541 e. The van der Waals surface area contributed by atoms with Crippen molar-refractivity contribution in [3.8, 4) is 39.1 Å². The van der Waals surface area contributed by atoms with Crippen LogP contribution < -0.4 is 4.90 Å². The zero-order valence-corrected chi connectivity index (χ0v) is 34.1. The fourth-order valence-electron chi connectivity index (χ4n) is 9.14. The number of thiophene rings is 1. The fourth-order valence-corrected chi connectivity index (χ4v) is 10.2. The first-order valence-corrected chi connectivity index (χ1v) is 21.6. The lowest BCUT2D eigenvalue weighted by Gasteiger charge is -2.26. The smallest absolute Gasteiger partial charge is 0.0541 e. The molecule has 0 aliphatic heterocycles. The third kappa shape index (κ3) is 6.18. The molecule has 0 spiro atoms. The van der Waals surface area contributed by atoms with Gasteiger partial charge in [0.1, 0.15) is 0 Å². The highest BCUT2D eigenvalue weighted by Gasteiger charge is 2.16. The molecule has 0 radical (unpaired) electrons. The number of hydrogen-bond acceptors (Lipinski definition) is 2. The average Bonchev–Trinajstić information content (AvgIpc) is 3.87. The standard InChI is InChI=1S/C58H38N2S/c1-2-12-47(13-3-1)60-55-16-8-6-14-51(55)53-37-45(26-34-56(53)60)41-22-30-49(31-23-41)59(48-28-20-40(21-29-48)44-19-18-39-10-4-5-11-43(39)36-44)50-32-24-42(25-33-50)46-27-35-58-54(38-46)52-15-7-9-17-57(52)61-58/h1-38H. The summed E-state index contributed by atoms with van der Waals surface area (Å²) in [6.07, 6.45) is 0. The lowest BCUT2D eigenvalue weighted by Crippen LogP contribution is -2.09. The van der Waals surface area contributed by atoms with Crippen molar-refractivity contribution in [3.63, 3.8) is 0 Å². The second-order valence-electron chi connectivity index (χ2n) is 15.8. The first kappa shape index (κ1) is 35.2. The van der Waals surface area contributed by atoms with Crippen LogP contribution >= 0.6 is 11.3 Å². The van der Waals surface area contributed by atoms with E-state index in [1.807, 2.05) is 11.3 Å². The Morgan fingerprint density at radius 2 is 0.770 bits per heavy atom. The highest BCUT2D eigenvalue weighted by Crippen LogP contribution is 2.41. The summed E-state index contributed by atoms with van der Waals surface area (Å²) in [5.41, 5.74) is 14.1. The van der Waals surface area contributed by atoms with Gasteiger partial charge in [0.2, 0.25) is 0 Å². The van der Waals surface area contributed by atoms with Crippen LogP contribution in [0.4, 0.5) is 17.1 Å². The number of para-hydroxylation sites is 2. The summed E-state index contributed by atoms with van der Waals surface area (Å²) in [7, 11) is 0. The summed E-state index contributed by atoms with van der Waals surface area (Å²) in [4.78, 5) is 2.37. The van der Waals surface area contributed by atoms with E-state index in [1.54, 1.807) is 0 Å². The van der Waals surface area contributed by atoms with E-state index >= 15 is 0 Å². The van der Waals surface area contributed by atoms with Crippen molar-refractivity contribution in [1.82, 2.24) is 4.57 Å². The van der Waals surface area contributed by atoms with Crippen molar-refractivity contribution >= 4 is 81.1 Å². The minimum atomic E-state index is 1.10.